The summed E-state index contributed by atoms with van der Waals surface area (Å²) in [6.45, 7) is 7.09. The lowest BCUT2D eigenvalue weighted by molar-refractivity contribution is 0.0792. The average molecular weight is 369 g/mol. The van der Waals surface area contributed by atoms with Crippen molar-refractivity contribution in [3.05, 3.63) is 65.4 Å². The van der Waals surface area contributed by atoms with Crippen LogP contribution < -0.4 is 10.1 Å². The number of hydrogen-bond acceptors (Lipinski definition) is 5. The van der Waals surface area contributed by atoms with Gasteiger partial charge in [-0.05, 0) is 44.0 Å². The molecule has 0 spiro atoms. The van der Waals surface area contributed by atoms with E-state index in [1.165, 1.54) is 0 Å². The number of amides is 1. The first kappa shape index (κ1) is 18.7. The summed E-state index contributed by atoms with van der Waals surface area (Å²) in [7, 11) is 0. The summed E-state index contributed by atoms with van der Waals surface area (Å²) in [4.78, 5) is 12.3. The molecule has 2 aromatic heterocycles. The van der Waals surface area contributed by atoms with Crippen LogP contribution >= 0.6 is 0 Å². The quantitative estimate of drug-likeness (QED) is 0.651. The molecule has 1 amide bonds. The number of ether oxygens (including phenoxy) is 2. The lowest BCUT2D eigenvalue weighted by atomic mass is 10.1. The molecule has 7 heteroatoms. The minimum Gasteiger partial charge on any atom is -0.485 e. The highest BCUT2D eigenvalue weighted by Gasteiger charge is 2.13. The summed E-state index contributed by atoms with van der Waals surface area (Å²) in [5.41, 5.74) is 2.69. The SMILES string of the molecule is CCOCn1cc(NC(=O)c2ccc(COc3c(C)cccc3C)o2)cn1. The van der Waals surface area contributed by atoms with E-state index < -0.39 is 0 Å². The lowest BCUT2D eigenvalue weighted by Gasteiger charge is -2.10. The minimum atomic E-state index is -0.343. The maximum Gasteiger partial charge on any atom is 0.291 e. The van der Waals surface area contributed by atoms with Gasteiger partial charge in [-0.1, -0.05) is 18.2 Å². The van der Waals surface area contributed by atoms with E-state index in [1.807, 2.05) is 39.0 Å². The Morgan fingerprint density at radius 2 is 2.00 bits per heavy atom. The second-order valence-corrected chi connectivity index (χ2v) is 6.12. The van der Waals surface area contributed by atoms with Crippen LogP contribution in [-0.4, -0.2) is 22.3 Å². The number of para-hydroxylation sites is 1. The lowest BCUT2D eigenvalue weighted by Crippen LogP contribution is -2.10. The molecule has 2 heterocycles. The van der Waals surface area contributed by atoms with Crippen LogP contribution in [0, 0.1) is 13.8 Å². The van der Waals surface area contributed by atoms with Crippen molar-refractivity contribution in [3.8, 4) is 5.75 Å². The molecule has 0 radical (unpaired) electrons. The maximum absolute atomic E-state index is 12.3. The molecule has 0 saturated heterocycles. The van der Waals surface area contributed by atoms with Gasteiger partial charge in [0.15, 0.2) is 5.76 Å². The third-order valence-corrected chi connectivity index (χ3v) is 3.97. The van der Waals surface area contributed by atoms with Crippen LogP contribution in [0.4, 0.5) is 5.69 Å². The van der Waals surface area contributed by atoms with Gasteiger partial charge in [-0.15, -0.1) is 0 Å². The first-order chi connectivity index (χ1) is 13.1. The first-order valence-electron chi connectivity index (χ1n) is 8.76. The number of aryl methyl sites for hydroxylation is 2. The average Bonchev–Trinajstić information content (AvgIpc) is 3.29. The van der Waals surface area contributed by atoms with Crippen LogP contribution in [0.2, 0.25) is 0 Å². The highest BCUT2D eigenvalue weighted by Crippen LogP contribution is 2.24. The summed E-state index contributed by atoms with van der Waals surface area (Å²) in [6.07, 6.45) is 3.26. The van der Waals surface area contributed by atoms with Gasteiger partial charge in [0.1, 0.15) is 24.8 Å². The Labute approximate surface area is 157 Å². The van der Waals surface area contributed by atoms with E-state index in [-0.39, 0.29) is 18.3 Å². The summed E-state index contributed by atoms with van der Waals surface area (Å²) < 4.78 is 18.3. The minimum absolute atomic E-state index is 0.215. The molecule has 1 aromatic carbocycles. The van der Waals surface area contributed by atoms with Gasteiger partial charge in [0.25, 0.3) is 5.91 Å². The normalized spacial score (nSPS) is 10.8. The third kappa shape index (κ3) is 4.77. The van der Waals surface area contributed by atoms with Crippen molar-refractivity contribution in [1.82, 2.24) is 9.78 Å². The number of anilines is 1. The Morgan fingerprint density at radius 1 is 1.22 bits per heavy atom. The molecule has 0 saturated carbocycles. The van der Waals surface area contributed by atoms with E-state index in [1.54, 1.807) is 29.2 Å². The van der Waals surface area contributed by atoms with Crippen LogP contribution in [0.25, 0.3) is 0 Å². The number of nitrogens with zero attached hydrogens (tertiary/aromatic N) is 2. The molecule has 0 unspecified atom stereocenters. The summed E-state index contributed by atoms with van der Waals surface area (Å²) in [6, 6.07) is 9.35. The third-order valence-electron chi connectivity index (χ3n) is 3.97. The highest BCUT2D eigenvalue weighted by atomic mass is 16.5. The zero-order valence-corrected chi connectivity index (χ0v) is 15.7. The van der Waals surface area contributed by atoms with Crippen molar-refractivity contribution in [1.29, 1.82) is 0 Å². The topological polar surface area (TPSA) is 78.5 Å². The predicted molar refractivity (Wildman–Crippen MR) is 101 cm³/mol. The molecule has 142 valence electrons. The zero-order valence-electron chi connectivity index (χ0n) is 15.7. The summed E-state index contributed by atoms with van der Waals surface area (Å²) >= 11 is 0. The standard InChI is InChI=1S/C20H23N3O4/c1-4-25-13-23-11-16(10-21-23)22-20(24)18-9-8-17(27-18)12-26-19-14(2)6-5-7-15(19)3/h5-11H,4,12-13H2,1-3H3,(H,22,24). The molecule has 3 rings (SSSR count). The number of rotatable bonds is 8. The molecule has 0 fully saturated rings. The highest BCUT2D eigenvalue weighted by molar-refractivity contribution is 6.02. The number of carbonyl (C=O) groups excluding carboxylic acids is 1. The Balaban J connectivity index is 1.58. The Morgan fingerprint density at radius 3 is 2.74 bits per heavy atom. The van der Waals surface area contributed by atoms with Gasteiger partial charge < -0.3 is 19.2 Å². The Kier molecular flexibility index (Phi) is 5.93. The molecule has 3 aromatic rings. The number of carbonyl (C=O) groups is 1. The van der Waals surface area contributed by atoms with E-state index >= 15 is 0 Å². The van der Waals surface area contributed by atoms with Crippen molar-refractivity contribution >= 4 is 11.6 Å². The first-order valence-corrected chi connectivity index (χ1v) is 8.76. The van der Waals surface area contributed by atoms with Crippen molar-refractivity contribution in [2.45, 2.75) is 34.1 Å². The fourth-order valence-corrected chi connectivity index (χ4v) is 2.62. The molecule has 0 aliphatic carbocycles. The van der Waals surface area contributed by atoms with Gasteiger partial charge in [0.2, 0.25) is 0 Å². The van der Waals surface area contributed by atoms with Gasteiger partial charge in [0, 0.05) is 6.61 Å². The van der Waals surface area contributed by atoms with Crippen molar-refractivity contribution in [3.63, 3.8) is 0 Å². The monoisotopic (exact) mass is 369 g/mol. The molecule has 0 bridgehead atoms. The number of furan rings is 1. The molecular weight excluding hydrogens is 346 g/mol. The van der Waals surface area contributed by atoms with E-state index in [0.717, 1.165) is 16.9 Å². The molecule has 0 atom stereocenters. The number of aromatic nitrogens is 2. The second kappa shape index (κ2) is 8.55. The van der Waals surface area contributed by atoms with Crippen LogP contribution in [0.15, 0.2) is 47.1 Å². The smallest absolute Gasteiger partial charge is 0.291 e. The van der Waals surface area contributed by atoms with Crippen LogP contribution in [0.3, 0.4) is 0 Å². The van der Waals surface area contributed by atoms with E-state index in [2.05, 4.69) is 10.4 Å². The van der Waals surface area contributed by atoms with Crippen LogP contribution in [-0.2, 0) is 18.1 Å². The van der Waals surface area contributed by atoms with E-state index in [4.69, 9.17) is 13.9 Å². The van der Waals surface area contributed by atoms with E-state index in [9.17, 15) is 4.79 Å². The zero-order chi connectivity index (χ0) is 19.2. The molecule has 1 N–H and O–H groups in total. The number of benzene rings is 1. The van der Waals surface area contributed by atoms with Crippen molar-refractivity contribution in [2.75, 3.05) is 11.9 Å². The van der Waals surface area contributed by atoms with E-state index in [0.29, 0.717) is 24.8 Å². The number of hydrogen-bond donors (Lipinski definition) is 1. The molecular formula is C20H23N3O4. The maximum atomic E-state index is 12.3. The number of nitrogens with one attached hydrogen (secondary N) is 1. The predicted octanol–water partition coefficient (Wildman–Crippen LogP) is 3.92. The largest absolute Gasteiger partial charge is 0.485 e. The van der Waals surface area contributed by atoms with Crippen molar-refractivity contribution < 1.29 is 18.7 Å². The summed E-state index contributed by atoms with van der Waals surface area (Å²) in [5.74, 6) is 1.29. The van der Waals surface area contributed by atoms with Crippen LogP contribution in [0.1, 0.15) is 34.4 Å². The fourth-order valence-electron chi connectivity index (χ4n) is 2.62. The fraction of sp³-hybridized carbons (Fsp3) is 0.300. The van der Waals surface area contributed by atoms with Crippen molar-refractivity contribution in [2.24, 2.45) is 0 Å². The summed E-state index contributed by atoms with van der Waals surface area (Å²) in [5, 5.41) is 6.86. The van der Waals surface area contributed by atoms with Gasteiger partial charge in [0.05, 0.1) is 18.1 Å². The van der Waals surface area contributed by atoms with Gasteiger partial charge in [-0.3, -0.25) is 4.79 Å². The Bertz CT molecular complexity index is 893. The van der Waals surface area contributed by atoms with Gasteiger partial charge in [-0.2, -0.15) is 5.10 Å². The van der Waals surface area contributed by atoms with Gasteiger partial charge >= 0.3 is 0 Å². The Hall–Kier alpha value is -3.06. The molecule has 0 aliphatic heterocycles. The van der Waals surface area contributed by atoms with Gasteiger partial charge in [-0.25, -0.2) is 4.68 Å². The van der Waals surface area contributed by atoms with Crippen LogP contribution in [0.5, 0.6) is 5.75 Å². The molecule has 7 nitrogen and oxygen atoms in total. The molecule has 27 heavy (non-hydrogen) atoms. The molecule has 0 aliphatic rings. The second-order valence-electron chi connectivity index (χ2n) is 6.12.